The number of sulfonamides is 1. The number of nitrogens with zero attached hydrogens (tertiary/aromatic N) is 1. The minimum absolute atomic E-state index is 0.0178. The van der Waals surface area contributed by atoms with Gasteiger partial charge in [-0.3, -0.25) is 0 Å². The summed E-state index contributed by atoms with van der Waals surface area (Å²) in [6, 6.07) is 11.1. The van der Waals surface area contributed by atoms with Gasteiger partial charge in [0.1, 0.15) is 0 Å². The van der Waals surface area contributed by atoms with Gasteiger partial charge in [0.05, 0.1) is 17.7 Å². The first-order valence-corrected chi connectivity index (χ1v) is 8.48. The lowest BCUT2D eigenvalue weighted by atomic mass is 10.2. The van der Waals surface area contributed by atoms with E-state index in [2.05, 4.69) is 9.93 Å². The number of ether oxygens (including phenoxy) is 1. The molecule has 0 saturated carbocycles. The number of hydrogen-bond acceptors (Lipinski definition) is 5. The van der Waals surface area contributed by atoms with Crippen LogP contribution in [-0.2, 0) is 10.0 Å². The largest absolute Gasteiger partial charge is 0.504 e. The van der Waals surface area contributed by atoms with Crippen molar-refractivity contribution < 1.29 is 18.3 Å². The third-order valence-corrected chi connectivity index (χ3v) is 4.24. The van der Waals surface area contributed by atoms with Gasteiger partial charge in [0.25, 0.3) is 10.0 Å². The second-order valence-corrected chi connectivity index (χ2v) is 6.49. The minimum atomic E-state index is -3.70. The summed E-state index contributed by atoms with van der Waals surface area (Å²) >= 11 is 0. The van der Waals surface area contributed by atoms with E-state index in [9.17, 15) is 13.5 Å². The third kappa shape index (κ3) is 4.46. The highest BCUT2D eigenvalue weighted by atomic mass is 32.2. The average Bonchev–Trinajstić information content (AvgIpc) is 2.51. The molecule has 2 N–H and O–H groups in total. The molecule has 0 heterocycles. The lowest BCUT2D eigenvalue weighted by molar-refractivity contribution is 0.318. The molecule has 0 aromatic heterocycles. The number of aryl methyl sites for hydroxylation is 1. The summed E-state index contributed by atoms with van der Waals surface area (Å²) in [6.45, 7) is 4.09. The molecule has 0 saturated heterocycles. The Hall–Kier alpha value is -2.54. The fourth-order valence-corrected chi connectivity index (χ4v) is 2.61. The number of benzene rings is 2. The minimum Gasteiger partial charge on any atom is -0.504 e. The number of hydrogen-bond donors (Lipinski definition) is 2. The maximum Gasteiger partial charge on any atom is 0.276 e. The number of phenolic OH excluding ortho intramolecular Hbond substituents is 1. The van der Waals surface area contributed by atoms with Crippen LogP contribution in [0.5, 0.6) is 11.5 Å². The molecule has 0 radical (unpaired) electrons. The van der Waals surface area contributed by atoms with E-state index in [0.717, 1.165) is 5.56 Å². The van der Waals surface area contributed by atoms with Crippen molar-refractivity contribution >= 4 is 16.2 Å². The van der Waals surface area contributed by atoms with Gasteiger partial charge in [0.2, 0.25) is 0 Å². The van der Waals surface area contributed by atoms with Crippen LogP contribution in [0.25, 0.3) is 0 Å². The smallest absolute Gasteiger partial charge is 0.276 e. The van der Waals surface area contributed by atoms with Crippen molar-refractivity contribution in [3.05, 3.63) is 53.6 Å². The Morgan fingerprint density at radius 2 is 1.91 bits per heavy atom. The van der Waals surface area contributed by atoms with Crippen LogP contribution in [0.15, 0.2) is 52.5 Å². The van der Waals surface area contributed by atoms with E-state index < -0.39 is 10.0 Å². The van der Waals surface area contributed by atoms with E-state index >= 15 is 0 Å². The molecular formula is C16H18N2O4S. The zero-order valence-electron chi connectivity index (χ0n) is 12.9. The highest BCUT2D eigenvalue weighted by Crippen LogP contribution is 2.26. The molecule has 2 aromatic carbocycles. The number of nitrogens with one attached hydrogen (secondary N) is 1. The van der Waals surface area contributed by atoms with E-state index in [0.29, 0.717) is 17.9 Å². The van der Waals surface area contributed by atoms with Gasteiger partial charge in [-0.25, -0.2) is 4.83 Å². The molecule has 0 fully saturated rings. The summed E-state index contributed by atoms with van der Waals surface area (Å²) in [5.74, 6) is 0.335. The fraction of sp³-hybridized carbons (Fsp3) is 0.188. The van der Waals surface area contributed by atoms with Crippen LogP contribution in [0.4, 0.5) is 0 Å². The Balaban J connectivity index is 2.12. The maximum absolute atomic E-state index is 12.1. The number of phenols is 1. The molecule has 122 valence electrons. The second kappa shape index (κ2) is 7.15. The van der Waals surface area contributed by atoms with E-state index in [-0.39, 0.29) is 10.6 Å². The summed E-state index contributed by atoms with van der Waals surface area (Å²) in [7, 11) is -3.70. The summed E-state index contributed by atoms with van der Waals surface area (Å²) in [6.07, 6.45) is 1.34. The average molecular weight is 334 g/mol. The molecule has 2 rings (SSSR count). The summed E-state index contributed by atoms with van der Waals surface area (Å²) in [5, 5.41) is 13.4. The quantitative estimate of drug-likeness (QED) is 0.627. The summed E-state index contributed by atoms with van der Waals surface area (Å²) in [4.78, 5) is 2.29. The van der Waals surface area contributed by atoms with Gasteiger partial charge in [-0.15, -0.1) is 0 Å². The predicted octanol–water partition coefficient (Wildman–Crippen LogP) is 2.41. The topological polar surface area (TPSA) is 88.0 Å². The number of aromatic hydroxyl groups is 1. The molecule has 0 atom stereocenters. The predicted molar refractivity (Wildman–Crippen MR) is 88.4 cm³/mol. The highest BCUT2D eigenvalue weighted by molar-refractivity contribution is 7.89. The molecule has 7 heteroatoms. The van der Waals surface area contributed by atoms with E-state index in [1.54, 1.807) is 31.2 Å². The van der Waals surface area contributed by atoms with E-state index in [4.69, 9.17) is 4.74 Å². The van der Waals surface area contributed by atoms with Crippen molar-refractivity contribution in [3.8, 4) is 11.5 Å². The van der Waals surface area contributed by atoms with Crippen molar-refractivity contribution in [2.45, 2.75) is 18.7 Å². The van der Waals surface area contributed by atoms with E-state index in [1.165, 1.54) is 24.4 Å². The normalized spacial score (nSPS) is 11.6. The van der Waals surface area contributed by atoms with Crippen LogP contribution in [0.3, 0.4) is 0 Å². The van der Waals surface area contributed by atoms with Crippen molar-refractivity contribution in [2.24, 2.45) is 5.10 Å². The first kappa shape index (κ1) is 16.8. The van der Waals surface area contributed by atoms with Crippen molar-refractivity contribution in [1.82, 2.24) is 4.83 Å². The van der Waals surface area contributed by atoms with Gasteiger partial charge < -0.3 is 9.84 Å². The zero-order valence-corrected chi connectivity index (χ0v) is 13.7. The van der Waals surface area contributed by atoms with Gasteiger partial charge >= 0.3 is 0 Å². The molecule has 0 aliphatic rings. The summed E-state index contributed by atoms with van der Waals surface area (Å²) in [5.41, 5.74) is 1.57. The molecule has 23 heavy (non-hydrogen) atoms. The Morgan fingerprint density at radius 1 is 1.22 bits per heavy atom. The first-order chi connectivity index (χ1) is 10.9. The Bertz CT molecular complexity index is 799. The Kier molecular flexibility index (Phi) is 5.23. The van der Waals surface area contributed by atoms with Crippen LogP contribution in [0.2, 0.25) is 0 Å². The van der Waals surface area contributed by atoms with Gasteiger partial charge in [-0.05, 0) is 49.7 Å². The molecular weight excluding hydrogens is 316 g/mol. The summed E-state index contributed by atoms with van der Waals surface area (Å²) < 4.78 is 29.4. The monoisotopic (exact) mass is 334 g/mol. The van der Waals surface area contributed by atoms with Gasteiger partial charge in [0.15, 0.2) is 11.5 Å². The fourth-order valence-electron chi connectivity index (χ4n) is 1.82. The van der Waals surface area contributed by atoms with Crippen molar-refractivity contribution in [3.63, 3.8) is 0 Å². The van der Waals surface area contributed by atoms with E-state index in [1.807, 2.05) is 6.92 Å². The molecule has 0 aliphatic carbocycles. The first-order valence-electron chi connectivity index (χ1n) is 6.99. The maximum atomic E-state index is 12.1. The van der Waals surface area contributed by atoms with Crippen LogP contribution < -0.4 is 9.57 Å². The Morgan fingerprint density at radius 3 is 2.57 bits per heavy atom. The van der Waals surface area contributed by atoms with Gasteiger partial charge in [-0.2, -0.15) is 13.5 Å². The lowest BCUT2D eigenvalue weighted by Crippen LogP contribution is -2.18. The molecule has 0 aliphatic heterocycles. The van der Waals surface area contributed by atoms with Crippen molar-refractivity contribution in [1.29, 1.82) is 0 Å². The Labute approximate surface area is 135 Å². The van der Waals surface area contributed by atoms with Gasteiger partial charge in [0, 0.05) is 0 Å². The molecule has 0 spiro atoms. The van der Waals surface area contributed by atoms with Crippen molar-refractivity contribution in [2.75, 3.05) is 6.61 Å². The molecule has 0 unspecified atom stereocenters. The molecule has 6 nitrogen and oxygen atoms in total. The third-order valence-electron chi connectivity index (χ3n) is 3.00. The number of hydrazone groups is 1. The van der Waals surface area contributed by atoms with Crippen LogP contribution in [0, 0.1) is 6.92 Å². The lowest BCUT2D eigenvalue weighted by Gasteiger charge is -2.06. The van der Waals surface area contributed by atoms with Crippen LogP contribution in [-0.4, -0.2) is 26.3 Å². The molecule has 2 aromatic rings. The zero-order chi connectivity index (χ0) is 16.9. The molecule has 0 bridgehead atoms. The SMILES string of the molecule is CCOc1cc(/C=N\NS(=O)(=O)c2ccc(C)cc2)ccc1O. The van der Waals surface area contributed by atoms with Crippen LogP contribution in [0.1, 0.15) is 18.1 Å². The second-order valence-electron chi connectivity index (χ2n) is 4.83. The standard InChI is InChI=1S/C16H18N2O4S/c1-3-22-16-10-13(6-9-15(16)19)11-17-18-23(20,21)14-7-4-12(2)5-8-14/h4-11,18-19H,3H2,1-2H3/b17-11-. The molecule has 0 amide bonds. The number of rotatable bonds is 6. The van der Waals surface area contributed by atoms with Crippen LogP contribution >= 0.6 is 0 Å². The van der Waals surface area contributed by atoms with Gasteiger partial charge in [-0.1, -0.05) is 17.7 Å². The highest BCUT2D eigenvalue weighted by Gasteiger charge is 2.11.